The molecule has 0 fully saturated rings. The number of nitrogens with zero attached hydrogens (tertiary/aromatic N) is 3. The summed E-state index contributed by atoms with van der Waals surface area (Å²) in [5.74, 6) is -1.52. The first kappa shape index (κ1) is 14.9. The van der Waals surface area contributed by atoms with Gasteiger partial charge in [-0.2, -0.15) is 0 Å². The second kappa shape index (κ2) is 6.80. The lowest BCUT2D eigenvalue weighted by Crippen LogP contribution is -2.21. The van der Waals surface area contributed by atoms with Crippen LogP contribution in [0.3, 0.4) is 0 Å². The van der Waals surface area contributed by atoms with E-state index in [0.717, 1.165) is 0 Å². The van der Waals surface area contributed by atoms with Gasteiger partial charge in [-0.3, -0.25) is 4.68 Å². The van der Waals surface area contributed by atoms with E-state index in [0.29, 0.717) is 18.7 Å². The van der Waals surface area contributed by atoms with Crippen LogP contribution in [0.1, 0.15) is 18.2 Å². The van der Waals surface area contributed by atoms with E-state index in [-0.39, 0.29) is 12.3 Å². The topological polar surface area (TPSA) is 100 Å². The van der Waals surface area contributed by atoms with E-state index < -0.39 is 17.8 Å². The molecule has 112 valence electrons. The average molecular weight is 294 g/mol. The minimum absolute atomic E-state index is 0.0192. The smallest absolute Gasteiger partial charge is 0.332 e. The number of rotatable bonds is 7. The second-order valence-corrected chi connectivity index (χ2v) is 4.41. The number of aliphatic hydroxyl groups excluding tert-OH is 1. The molecule has 21 heavy (non-hydrogen) atoms. The van der Waals surface area contributed by atoms with Gasteiger partial charge in [-0.05, 0) is 30.7 Å². The third-order valence-electron chi connectivity index (χ3n) is 2.80. The summed E-state index contributed by atoms with van der Waals surface area (Å²) in [6.07, 6.45) is 2.01. The Morgan fingerprint density at radius 2 is 2.10 bits per heavy atom. The zero-order valence-electron chi connectivity index (χ0n) is 11.1. The molecule has 3 N–H and O–H groups in total. The molecule has 0 saturated carbocycles. The largest absolute Gasteiger partial charge is 0.479 e. The summed E-state index contributed by atoms with van der Waals surface area (Å²) in [4.78, 5) is 11.3. The molecule has 0 aliphatic heterocycles. The Bertz CT molecular complexity index is 600. The molecule has 0 radical (unpaired) electrons. The fourth-order valence-corrected chi connectivity index (χ4v) is 1.76. The van der Waals surface area contributed by atoms with E-state index in [4.69, 9.17) is 5.11 Å². The summed E-state index contributed by atoms with van der Waals surface area (Å²) < 4.78 is 14.3. The number of aliphatic hydroxyl groups is 1. The molecule has 1 atom stereocenters. The number of carboxylic acids is 1. The quantitative estimate of drug-likeness (QED) is 0.705. The van der Waals surface area contributed by atoms with Crippen LogP contribution in [0.15, 0.2) is 30.5 Å². The fourth-order valence-electron chi connectivity index (χ4n) is 1.76. The van der Waals surface area contributed by atoms with Crippen molar-refractivity contribution in [1.29, 1.82) is 0 Å². The van der Waals surface area contributed by atoms with Crippen LogP contribution in [0.5, 0.6) is 0 Å². The molecule has 0 saturated heterocycles. The molecular formula is C13H15FN4O3. The normalized spacial score (nSPS) is 12.1. The summed E-state index contributed by atoms with van der Waals surface area (Å²) in [7, 11) is 0. The van der Waals surface area contributed by atoms with Crippen LogP contribution in [0.2, 0.25) is 0 Å². The van der Waals surface area contributed by atoms with Crippen molar-refractivity contribution in [2.75, 3.05) is 11.9 Å². The van der Waals surface area contributed by atoms with Crippen molar-refractivity contribution in [2.24, 2.45) is 0 Å². The van der Waals surface area contributed by atoms with E-state index in [9.17, 15) is 14.3 Å². The minimum Gasteiger partial charge on any atom is -0.479 e. The van der Waals surface area contributed by atoms with E-state index in [1.165, 1.54) is 35.1 Å². The maximum absolute atomic E-state index is 12.8. The van der Waals surface area contributed by atoms with Crippen LogP contribution >= 0.6 is 0 Å². The Kier molecular flexibility index (Phi) is 4.83. The van der Waals surface area contributed by atoms with Crippen LogP contribution in [-0.2, 0) is 11.3 Å². The third kappa shape index (κ3) is 3.99. The number of aromatic nitrogens is 3. The van der Waals surface area contributed by atoms with Gasteiger partial charge in [-0.1, -0.05) is 5.21 Å². The monoisotopic (exact) mass is 294 g/mol. The van der Waals surface area contributed by atoms with E-state index in [2.05, 4.69) is 15.6 Å². The predicted octanol–water partition coefficient (Wildman–Crippen LogP) is 1.04. The summed E-state index contributed by atoms with van der Waals surface area (Å²) in [6.45, 7) is 0.470. The van der Waals surface area contributed by atoms with Gasteiger partial charge in [-0.25, -0.2) is 9.18 Å². The summed E-state index contributed by atoms with van der Waals surface area (Å²) >= 11 is 0. The van der Waals surface area contributed by atoms with Crippen LogP contribution in [0.25, 0.3) is 0 Å². The number of halogens is 1. The maximum atomic E-state index is 12.8. The first-order chi connectivity index (χ1) is 10.1. The summed E-state index contributed by atoms with van der Waals surface area (Å²) in [5.41, 5.74) is 0.707. The standard InChI is InChI=1S/C13H15FN4O3/c14-9-2-4-10(5-3-9)15-12(13(20)21)11-8-18(17-16-11)6-1-7-19/h2-5,8,12,15,19H,1,6-7H2,(H,20,21). The molecule has 1 aromatic heterocycles. The van der Waals surface area contributed by atoms with Gasteiger partial charge < -0.3 is 15.5 Å². The summed E-state index contributed by atoms with van der Waals surface area (Å²) in [5, 5.41) is 28.4. The van der Waals surface area contributed by atoms with Crippen LogP contribution in [-0.4, -0.2) is 37.8 Å². The Labute approximate surface area is 120 Å². The van der Waals surface area contributed by atoms with Gasteiger partial charge in [0.2, 0.25) is 0 Å². The highest BCUT2D eigenvalue weighted by atomic mass is 19.1. The number of aliphatic carboxylic acids is 1. The first-order valence-electron chi connectivity index (χ1n) is 6.36. The molecule has 8 heteroatoms. The van der Waals surface area contributed by atoms with Gasteiger partial charge in [0, 0.05) is 18.8 Å². The van der Waals surface area contributed by atoms with Crippen molar-refractivity contribution >= 4 is 11.7 Å². The van der Waals surface area contributed by atoms with Crippen molar-refractivity contribution in [3.05, 3.63) is 42.0 Å². The molecule has 0 bridgehead atoms. The van der Waals surface area contributed by atoms with Crippen molar-refractivity contribution in [3.63, 3.8) is 0 Å². The van der Waals surface area contributed by atoms with Crippen molar-refractivity contribution in [3.8, 4) is 0 Å². The van der Waals surface area contributed by atoms with Gasteiger partial charge in [0.1, 0.15) is 11.5 Å². The molecule has 7 nitrogen and oxygen atoms in total. The molecule has 0 aliphatic rings. The molecule has 1 aromatic carbocycles. The third-order valence-corrected chi connectivity index (χ3v) is 2.80. The van der Waals surface area contributed by atoms with Gasteiger partial charge in [0.15, 0.2) is 6.04 Å². The molecule has 0 aliphatic carbocycles. The number of carbonyl (C=O) groups is 1. The lowest BCUT2D eigenvalue weighted by atomic mass is 10.2. The van der Waals surface area contributed by atoms with Crippen LogP contribution in [0, 0.1) is 5.82 Å². The Balaban J connectivity index is 2.13. The van der Waals surface area contributed by atoms with Crippen molar-refractivity contribution in [1.82, 2.24) is 15.0 Å². The average Bonchev–Trinajstić information content (AvgIpc) is 2.92. The molecular weight excluding hydrogens is 279 g/mol. The minimum atomic E-state index is -1.12. The SMILES string of the molecule is O=C(O)C(Nc1ccc(F)cc1)c1cn(CCCO)nn1. The number of hydrogen-bond donors (Lipinski definition) is 3. The van der Waals surface area contributed by atoms with Gasteiger partial charge in [0.25, 0.3) is 0 Å². The number of nitrogens with one attached hydrogen (secondary N) is 1. The van der Waals surface area contributed by atoms with Gasteiger partial charge in [0.05, 0.1) is 6.20 Å². The summed E-state index contributed by atoms with van der Waals surface area (Å²) in [6, 6.07) is 4.28. The second-order valence-electron chi connectivity index (χ2n) is 4.41. The Morgan fingerprint density at radius 3 is 2.71 bits per heavy atom. The van der Waals surface area contributed by atoms with E-state index in [1.807, 2.05) is 0 Å². The zero-order chi connectivity index (χ0) is 15.2. The number of benzene rings is 1. The molecule has 2 rings (SSSR count). The first-order valence-corrected chi connectivity index (χ1v) is 6.36. The molecule has 0 spiro atoms. The van der Waals surface area contributed by atoms with E-state index >= 15 is 0 Å². The number of aryl methyl sites for hydroxylation is 1. The van der Waals surface area contributed by atoms with Gasteiger partial charge in [-0.15, -0.1) is 5.10 Å². The lowest BCUT2D eigenvalue weighted by molar-refractivity contribution is -0.138. The van der Waals surface area contributed by atoms with Crippen molar-refractivity contribution in [2.45, 2.75) is 19.0 Å². The number of anilines is 1. The zero-order valence-corrected chi connectivity index (χ0v) is 11.1. The molecule has 1 heterocycles. The Hall–Kier alpha value is -2.48. The highest BCUT2D eigenvalue weighted by molar-refractivity contribution is 5.78. The highest BCUT2D eigenvalue weighted by Crippen LogP contribution is 2.18. The van der Waals surface area contributed by atoms with E-state index in [1.54, 1.807) is 0 Å². The Morgan fingerprint density at radius 1 is 1.38 bits per heavy atom. The van der Waals surface area contributed by atoms with Crippen LogP contribution in [0.4, 0.5) is 10.1 Å². The van der Waals surface area contributed by atoms with Crippen molar-refractivity contribution < 1.29 is 19.4 Å². The number of carboxylic acid groups (broad SMARTS) is 1. The predicted molar refractivity (Wildman–Crippen MR) is 72.1 cm³/mol. The van der Waals surface area contributed by atoms with Gasteiger partial charge >= 0.3 is 5.97 Å². The molecule has 1 unspecified atom stereocenters. The van der Waals surface area contributed by atoms with Crippen LogP contribution < -0.4 is 5.32 Å². The highest BCUT2D eigenvalue weighted by Gasteiger charge is 2.23. The lowest BCUT2D eigenvalue weighted by Gasteiger charge is -2.13. The fraction of sp³-hybridized carbons (Fsp3) is 0.308. The number of hydrogen-bond acceptors (Lipinski definition) is 5. The molecule has 0 amide bonds. The molecule has 2 aromatic rings. The maximum Gasteiger partial charge on any atom is 0.332 e.